The number of H-pyrrole nitrogens is 1. The summed E-state index contributed by atoms with van der Waals surface area (Å²) >= 11 is 3.92. The van der Waals surface area contributed by atoms with E-state index in [2.05, 4.69) is 26.8 Å². The summed E-state index contributed by atoms with van der Waals surface area (Å²) in [4.78, 5) is 51.0. The molecule has 1 amide bonds. The van der Waals surface area contributed by atoms with Crippen molar-refractivity contribution in [2.75, 3.05) is 17.7 Å². The van der Waals surface area contributed by atoms with Gasteiger partial charge in [-0.25, -0.2) is 14.8 Å². The van der Waals surface area contributed by atoms with Gasteiger partial charge in [-0.05, 0) is 38.2 Å². The molecule has 0 radical (unpaired) electrons. The first kappa shape index (κ1) is 21.7. The van der Waals surface area contributed by atoms with Crippen LogP contribution in [0.3, 0.4) is 0 Å². The van der Waals surface area contributed by atoms with Gasteiger partial charge in [-0.2, -0.15) is 0 Å². The number of rotatable bonds is 7. The van der Waals surface area contributed by atoms with E-state index < -0.39 is 5.97 Å². The fourth-order valence-corrected chi connectivity index (χ4v) is 6.14. The molecule has 0 aromatic carbocycles. The van der Waals surface area contributed by atoms with Crippen LogP contribution in [-0.4, -0.2) is 39.2 Å². The number of hydrogen-bond donors (Lipinski definition) is 2. The SMILES string of the molecule is C=CCOC(=O)c1nc(NC(=O)CSc2nc3sc4c(c3c(=O)[nH]2)CCCC4)sc1C. The Balaban J connectivity index is 1.41. The lowest BCUT2D eigenvalue weighted by molar-refractivity contribution is -0.113. The maximum atomic E-state index is 12.6. The summed E-state index contributed by atoms with van der Waals surface area (Å²) in [6.45, 7) is 5.32. The fourth-order valence-electron chi connectivity index (χ4n) is 3.34. The molecular weight excluding hydrogens is 456 g/mol. The van der Waals surface area contributed by atoms with Crippen molar-refractivity contribution < 1.29 is 14.3 Å². The number of aryl methyl sites for hydroxylation is 3. The molecule has 2 N–H and O–H groups in total. The molecule has 31 heavy (non-hydrogen) atoms. The van der Waals surface area contributed by atoms with Crippen LogP contribution >= 0.6 is 34.4 Å². The third-order valence-electron chi connectivity index (χ3n) is 4.71. The highest BCUT2D eigenvalue weighted by Gasteiger charge is 2.21. The van der Waals surface area contributed by atoms with Crippen LogP contribution in [-0.2, 0) is 22.4 Å². The van der Waals surface area contributed by atoms with Crippen molar-refractivity contribution >= 4 is 61.7 Å². The number of thiazole rings is 1. The number of nitrogens with zero attached hydrogens (tertiary/aromatic N) is 2. The Morgan fingerprint density at radius 1 is 1.29 bits per heavy atom. The van der Waals surface area contributed by atoms with Crippen LogP contribution in [0.4, 0.5) is 5.13 Å². The van der Waals surface area contributed by atoms with Crippen molar-refractivity contribution in [1.29, 1.82) is 0 Å². The van der Waals surface area contributed by atoms with E-state index in [0.29, 0.717) is 20.6 Å². The smallest absolute Gasteiger partial charge is 0.358 e. The van der Waals surface area contributed by atoms with Crippen LogP contribution in [0.1, 0.15) is 38.6 Å². The summed E-state index contributed by atoms with van der Waals surface area (Å²) in [5, 5.41) is 4.10. The molecule has 0 aliphatic heterocycles. The molecule has 0 spiro atoms. The Kier molecular flexibility index (Phi) is 6.54. The third kappa shape index (κ3) is 4.73. The molecule has 11 heteroatoms. The molecule has 1 aliphatic rings. The molecule has 3 aromatic heterocycles. The summed E-state index contributed by atoms with van der Waals surface area (Å²) < 4.78 is 4.99. The number of hydrogen-bond acceptors (Lipinski definition) is 9. The zero-order valence-electron chi connectivity index (χ0n) is 16.8. The van der Waals surface area contributed by atoms with Crippen LogP contribution in [0, 0.1) is 6.92 Å². The standard InChI is InChI=1S/C20H20N4O4S3/c1-3-8-28-18(27)15-10(2)30-20(22-15)21-13(25)9-29-19-23-16(26)14-11-6-4-5-7-12(11)31-17(14)24-19/h3H,1,4-9H2,2H3,(H,21,22,25)(H,23,24,26). The highest BCUT2D eigenvalue weighted by Crippen LogP contribution is 2.34. The van der Waals surface area contributed by atoms with E-state index in [1.54, 1.807) is 18.3 Å². The molecule has 4 rings (SSSR count). The quantitative estimate of drug-likeness (QED) is 0.231. The second kappa shape index (κ2) is 9.33. The highest BCUT2D eigenvalue weighted by atomic mass is 32.2. The van der Waals surface area contributed by atoms with Gasteiger partial charge in [-0.1, -0.05) is 24.4 Å². The molecule has 0 atom stereocenters. The minimum atomic E-state index is -0.558. The van der Waals surface area contributed by atoms with Crippen molar-refractivity contribution in [2.45, 2.75) is 37.8 Å². The number of amides is 1. The first-order valence-corrected chi connectivity index (χ1v) is 12.3. The predicted molar refractivity (Wildman–Crippen MR) is 124 cm³/mol. The number of thiophene rings is 1. The van der Waals surface area contributed by atoms with E-state index in [1.807, 2.05) is 0 Å². The van der Waals surface area contributed by atoms with Gasteiger partial charge in [-0.15, -0.1) is 22.7 Å². The van der Waals surface area contributed by atoms with Gasteiger partial charge >= 0.3 is 5.97 Å². The number of thioether (sulfide) groups is 1. The third-order valence-corrected chi connectivity index (χ3v) is 7.66. The van der Waals surface area contributed by atoms with Gasteiger partial charge in [-0.3, -0.25) is 9.59 Å². The number of ether oxygens (including phenoxy) is 1. The molecule has 8 nitrogen and oxygen atoms in total. The molecule has 0 saturated carbocycles. The summed E-state index contributed by atoms with van der Waals surface area (Å²) in [5.41, 5.74) is 1.16. The minimum absolute atomic E-state index is 0.0500. The van der Waals surface area contributed by atoms with Crippen LogP contribution in [0.15, 0.2) is 22.6 Å². The molecule has 0 bridgehead atoms. The van der Waals surface area contributed by atoms with E-state index in [9.17, 15) is 14.4 Å². The maximum absolute atomic E-state index is 12.6. The number of anilines is 1. The van der Waals surface area contributed by atoms with E-state index in [-0.39, 0.29) is 29.5 Å². The Morgan fingerprint density at radius 3 is 2.90 bits per heavy atom. The maximum Gasteiger partial charge on any atom is 0.358 e. The number of fused-ring (bicyclic) bond motifs is 3. The molecule has 0 fully saturated rings. The Labute approximate surface area is 190 Å². The van der Waals surface area contributed by atoms with Gasteiger partial charge < -0.3 is 15.0 Å². The normalized spacial score (nSPS) is 13.1. The van der Waals surface area contributed by atoms with Crippen molar-refractivity contribution in [3.05, 3.63) is 44.0 Å². The number of nitrogens with one attached hydrogen (secondary N) is 2. The number of aromatic nitrogens is 3. The predicted octanol–water partition coefficient (Wildman–Crippen LogP) is 3.70. The van der Waals surface area contributed by atoms with Gasteiger partial charge in [0.05, 0.1) is 11.1 Å². The summed E-state index contributed by atoms with van der Waals surface area (Å²) in [6, 6.07) is 0. The lowest BCUT2D eigenvalue weighted by atomic mass is 9.97. The molecule has 3 heterocycles. The van der Waals surface area contributed by atoms with Gasteiger partial charge in [0.2, 0.25) is 5.91 Å². The zero-order chi connectivity index (χ0) is 22.0. The number of carbonyl (C=O) groups excluding carboxylic acids is 2. The van der Waals surface area contributed by atoms with Crippen LogP contribution in [0.25, 0.3) is 10.2 Å². The lowest BCUT2D eigenvalue weighted by Crippen LogP contribution is -2.16. The first-order valence-electron chi connectivity index (χ1n) is 9.69. The van der Waals surface area contributed by atoms with Crippen molar-refractivity contribution in [3.8, 4) is 0 Å². The first-order chi connectivity index (χ1) is 15.0. The van der Waals surface area contributed by atoms with E-state index in [0.717, 1.165) is 47.8 Å². The molecule has 0 unspecified atom stereocenters. The number of esters is 1. The largest absolute Gasteiger partial charge is 0.457 e. The zero-order valence-corrected chi connectivity index (χ0v) is 19.2. The van der Waals surface area contributed by atoms with E-state index in [4.69, 9.17) is 4.74 Å². The fraction of sp³-hybridized carbons (Fsp3) is 0.350. The molecule has 162 valence electrons. The van der Waals surface area contributed by atoms with Crippen molar-refractivity contribution in [3.63, 3.8) is 0 Å². The lowest BCUT2D eigenvalue weighted by Gasteiger charge is -2.09. The van der Waals surface area contributed by atoms with Gasteiger partial charge in [0.1, 0.15) is 11.4 Å². The summed E-state index contributed by atoms with van der Waals surface area (Å²) in [7, 11) is 0. The summed E-state index contributed by atoms with van der Waals surface area (Å²) in [5.74, 6) is -0.816. The molecule has 1 aliphatic carbocycles. The molecular formula is C20H20N4O4S3. The van der Waals surface area contributed by atoms with E-state index >= 15 is 0 Å². The van der Waals surface area contributed by atoms with Gasteiger partial charge in [0.25, 0.3) is 5.56 Å². The van der Waals surface area contributed by atoms with Crippen LogP contribution < -0.4 is 10.9 Å². The van der Waals surface area contributed by atoms with Crippen molar-refractivity contribution in [1.82, 2.24) is 15.0 Å². The van der Waals surface area contributed by atoms with Crippen LogP contribution in [0.5, 0.6) is 0 Å². The monoisotopic (exact) mass is 476 g/mol. The van der Waals surface area contributed by atoms with Crippen molar-refractivity contribution in [2.24, 2.45) is 0 Å². The number of aromatic amines is 1. The molecule has 3 aromatic rings. The van der Waals surface area contributed by atoms with Gasteiger partial charge in [0.15, 0.2) is 16.0 Å². The van der Waals surface area contributed by atoms with Crippen LogP contribution in [0.2, 0.25) is 0 Å². The summed E-state index contributed by atoms with van der Waals surface area (Å²) in [6.07, 6.45) is 5.63. The minimum Gasteiger partial charge on any atom is -0.457 e. The average Bonchev–Trinajstić information content (AvgIpc) is 3.30. The molecule has 0 saturated heterocycles. The van der Waals surface area contributed by atoms with E-state index in [1.165, 1.54) is 22.3 Å². The Bertz CT molecular complexity index is 1230. The second-order valence-corrected chi connectivity index (χ2v) is 10.2. The Morgan fingerprint density at radius 2 is 2.10 bits per heavy atom. The number of carbonyl (C=O) groups is 2. The highest BCUT2D eigenvalue weighted by molar-refractivity contribution is 7.99. The van der Waals surface area contributed by atoms with Gasteiger partial charge in [0, 0.05) is 9.75 Å². The average molecular weight is 477 g/mol. The Hall–Kier alpha value is -2.50. The second-order valence-electron chi connectivity index (χ2n) is 6.91. The topological polar surface area (TPSA) is 114 Å².